The van der Waals surface area contributed by atoms with E-state index in [0.29, 0.717) is 23.6 Å². The third-order valence-corrected chi connectivity index (χ3v) is 4.70. The van der Waals surface area contributed by atoms with Crippen LogP contribution in [0.2, 0.25) is 5.02 Å². The summed E-state index contributed by atoms with van der Waals surface area (Å²) in [5.41, 5.74) is 0.531. The van der Waals surface area contributed by atoms with Gasteiger partial charge in [0.2, 0.25) is 5.95 Å². The summed E-state index contributed by atoms with van der Waals surface area (Å²) in [7, 11) is 1.76. The minimum absolute atomic E-state index is 0. The molecule has 0 unspecified atom stereocenters. The van der Waals surface area contributed by atoms with Crippen molar-refractivity contribution < 1.29 is 4.39 Å². The molecule has 1 aliphatic rings. The molecule has 0 spiro atoms. The van der Waals surface area contributed by atoms with Crippen LogP contribution in [0.15, 0.2) is 41.7 Å². The van der Waals surface area contributed by atoms with Crippen molar-refractivity contribution >= 4 is 47.5 Å². The minimum atomic E-state index is -0.272. The fourth-order valence-electron chi connectivity index (χ4n) is 2.98. The zero-order valence-electron chi connectivity index (χ0n) is 15.1. The number of piperazine rings is 1. The minimum Gasteiger partial charge on any atom is -0.356 e. The predicted octanol–water partition coefficient (Wildman–Crippen LogP) is 2.83. The van der Waals surface area contributed by atoms with Gasteiger partial charge in [-0.2, -0.15) is 0 Å². The largest absolute Gasteiger partial charge is 0.356 e. The van der Waals surface area contributed by atoms with E-state index >= 15 is 0 Å². The Morgan fingerprint density at radius 3 is 2.52 bits per heavy atom. The summed E-state index contributed by atoms with van der Waals surface area (Å²) < 4.78 is 13.8. The van der Waals surface area contributed by atoms with Gasteiger partial charge in [0.25, 0.3) is 0 Å². The van der Waals surface area contributed by atoms with Crippen LogP contribution < -0.4 is 10.2 Å². The van der Waals surface area contributed by atoms with E-state index in [2.05, 4.69) is 30.1 Å². The highest BCUT2D eigenvalue weighted by molar-refractivity contribution is 14.0. The number of anilines is 1. The molecule has 27 heavy (non-hydrogen) atoms. The molecule has 1 fully saturated rings. The van der Waals surface area contributed by atoms with Crippen molar-refractivity contribution in [1.29, 1.82) is 0 Å². The van der Waals surface area contributed by atoms with Crippen molar-refractivity contribution in [2.24, 2.45) is 4.99 Å². The molecular formula is C18H23ClFIN6. The van der Waals surface area contributed by atoms with E-state index in [1.54, 1.807) is 31.6 Å². The summed E-state index contributed by atoms with van der Waals surface area (Å²) in [6.45, 7) is 3.85. The first kappa shape index (κ1) is 21.6. The summed E-state index contributed by atoms with van der Waals surface area (Å²) in [5, 5.41) is 3.75. The van der Waals surface area contributed by atoms with Gasteiger partial charge in [-0.3, -0.25) is 4.99 Å². The SMILES string of the molecule is CN=C(NCCc1c(F)cccc1Cl)N1CCN(c2ncccn2)CC1.I. The van der Waals surface area contributed by atoms with Crippen LogP contribution in [0.25, 0.3) is 0 Å². The van der Waals surface area contributed by atoms with Crippen LogP contribution in [0.4, 0.5) is 10.3 Å². The number of hydrogen-bond donors (Lipinski definition) is 1. The molecule has 0 bridgehead atoms. The molecule has 9 heteroatoms. The van der Waals surface area contributed by atoms with Crippen molar-refractivity contribution in [2.45, 2.75) is 6.42 Å². The maximum absolute atomic E-state index is 13.8. The Morgan fingerprint density at radius 1 is 1.19 bits per heavy atom. The van der Waals surface area contributed by atoms with Gasteiger partial charge in [0.05, 0.1) is 0 Å². The third kappa shape index (κ3) is 5.65. The Morgan fingerprint density at radius 2 is 1.89 bits per heavy atom. The number of halogens is 3. The molecule has 2 heterocycles. The fraction of sp³-hybridized carbons (Fsp3) is 0.389. The first-order valence-corrected chi connectivity index (χ1v) is 8.97. The zero-order chi connectivity index (χ0) is 18.4. The molecule has 0 radical (unpaired) electrons. The van der Waals surface area contributed by atoms with E-state index in [0.717, 1.165) is 38.1 Å². The first-order valence-electron chi connectivity index (χ1n) is 8.59. The maximum Gasteiger partial charge on any atom is 0.225 e. The van der Waals surface area contributed by atoms with Gasteiger partial charge < -0.3 is 15.1 Å². The molecule has 6 nitrogen and oxygen atoms in total. The Hall–Kier alpha value is -1.68. The number of nitrogens with one attached hydrogen (secondary N) is 1. The second kappa shape index (κ2) is 10.6. The van der Waals surface area contributed by atoms with E-state index in [9.17, 15) is 4.39 Å². The van der Waals surface area contributed by atoms with E-state index in [-0.39, 0.29) is 29.8 Å². The molecule has 0 amide bonds. The van der Waals surface area contributed by atoms with E-state index in [1.807, 2.05) is 6.07 Å². The van der Waals surface area contributed by atoms with Gasteiger partial charge in [0, 0.05) is 62.8 Å². The Bertz CT molecular complexity index is 733. The molecule has 0 atom stereocenters. The van der Waals surface area contributed by atoms with Gasteiger partial charge in [0.1, 0.15) is 5.82 Å². The lowest BCUT2D eigenvalue weighted by atomic mass is 10.1. The Kier molecular flexibility index (Phi) is 8.49. The molecule has 1 aromatic carbocycles. The van der Waals surface area contributed by atoms with Crippen LogP contribution in [-0.4, -0.2) is 60.6 Å². The summed E-state index contributed by atoms with van der Waals surface area (Å²) >= 11 is 6.08. The topological polar surface area (TPSA) is 56.7 Å². The Balaban J connectivity index is 0.00000261. The molecule has 1 aromatic heterocycles. The highest BCUT2D eigenvalue weighted by Crippen LogP contribution is 2.19. The van der Waals surface area contributed by atoms with Crippen molar-refractivity contribution in [3.05, 3.63) is 53.1 Å². The lowest BCUT2D eigenvalue weighted by molar-refractivity contribution is 0.370. The van der Waals surface area contributed by atoms with Crippen LogP contribution in [-0.2, 0) is 6.42 Å². The number of aliphatic imine (C=N–C) groups is 1. The summed E-state index contributed by atoms with van der Waals surface area (Å²) in [4.78, 5) is 17.3. The summed E-state index contributed by atoms with van der Waals surface area (Å²) in [6, 6.07) is 6.57. The van der Waals surface area contributed by atoms with Gasteiger partial charge in [-0.1, -0.05) is 17.7 Å². The monoisotopic (exact) mass is 504 g/mol. The lowest BCUT2D eigenvalue weighted by Crippen LogP contribution is -2.53. The fourth-order valence-corrected chi connectivity index (χ4v) is 3.23. The van der Waals surface area contributed by atoms with Gasteiger partial charge in [-0.05, 0) is 24.6 Å². The van der Waals surface area contributed by atoms with Crippen molar-refractivity contribution in [3.8, 4) is 0 Å². The number of hydrogen-bond acceptors (Lipinski definition) is 4. The third-order valence-electron chi connectivity index (χ3n) is 4.35. The van der Waals surface area contributed by atoms with E-state index in [1.165, 1.54) is 6.07 Å². The van der Waals surface area contributed by atoms with E-state index in [4.69, 9.17) is 11.6 Å². The molecule has 3 rings (SSSR count). The van der Waals surface area contributed by atoms with Crippen LogP contribution >= 0.6 is 35.6 Å². The number of aromatic nitrogens is 2. The maximum atomic E-state index is 13.8. The number of benzene rings is 1. The number of nitrogens with zero attached hydrogens (tertiary/aromatic N) is 5. The molecule has 1 saturated heterocycles. The van der Waals surface area contributed by atoms with Gasteiger partial charge in [-0.15, -0.1) is 24.0 Å². The van der Waals surface area contributed by atoms with Crippen molar-refractivity contribution in [2.75, 3.05) is 44.7 Å². The van der Waals surface area contributed by atoms with Crippen LogP contribution in [0, 0.1) is 5.82 Å². The molecule has 1 N–H and O–H groups in total. The van der Waals surface area contributed by atoms with Gasteiger partial charge in [-0.25, -0.2) is 14.4 Å². The highest BCUT2D eigenvalue weighted by atomic mass is 127. The molecule has 0 aliphatic carbocycles. The van der Waals surface area contributed by atoms with Gasteiger partial charge >= 0.3 is 0 Å². The standard InChI is InChI=1S/C18H22ClFN6.HI/c1-21-17(24-9-6-14-15(19)4-2-5-16(14)20)25-10-12-26(13-11-25)18-22-7-3-8-23-18;/h2-5,7-8H,6,9-13H2,1H3,(H,21,24);1H. The van der Waals surface area contributed by atoms with E-state index < -0.39 is 0 Å². The first-order chi connectivity index (χ1) is 12.7. The molecular weight excluding hydrogens is 482 g/mol. The highest BCUT2D eigenvalue weighted by Gasteiger charge is 2.21. The average molecular weight is 505 g/mol. The molecule has 0 saturated carbocycles. The van der Waals surface area contributed by atoms with Gasteiger partial charge in [0.15, 0.2) is 5.96 Å². The quantitative estimate of drug-likeness (QED) is 0.394. The second-order valence-electron chi connectivity index (χ2n) is 5.95. The summed E-state index contributed by atoms with van der Waals surface area (Å²) in [6.07, 6.45) is 4.01. The molecule has 2 aromatic rings. The molecule has 146 valence electrons. The molecule has 1 aliphatic heterocycles. The number of rotatable bonds is 4. The number of guanidine groups is 1. The predicted molar refractivity (Wildman–Crippen MR) is 118 cm³/mol. The van der Waals surface area contributed by atoms with Crippen LogP contribution in [0.5, 0.6) is 0 Å². The van der Waals surface area contributed by atoms with Crippen LogP contribution in [0.3, 0.4) is 0 Å². The second-order valence-corrected chi connectivity index (χ2v) is 6.35. The normalized spacial score (nSPS) is 14.7. The van der Waals surface area contributed by atoms with Crippen molar-refractivity contribution in [3.63, 3.8) is 0 Å². The van der Waals surface area contributed by atoms with Crippen molar-refractivity contribution in [1.82, 2.24) is 20.2 Å². The average Bonchev–Trinajstić information content (AvgIpc) is 2.68. The lowest BCUT2D eigenvalue weighted by Gasteiger charge is -2.36. The van der Waals surface area contributed by atoms with Crippen LogP contribution in [0.1, 0.15) is 5.56 Å². The zero-order valence-corrected chi connectivity index (χ0v) is 18.2. The summed E-state index contributed by atoms with van der Waals surface area (Å²) in [5.74, 6) is 1.29. The Labute approximate surface area is 180 Å². The smallest absolute Gasteiger partial charge is 0.225 e.